The van der Waals surface area contributed by atoms with Gasteiger partial charge in [-0.05, 0) is 42.8 Å². The van der Waals surface area contributed by atoms with Gasteiger partial charge in [0, 0.05) is 10.9 Å². The lowest BCUT2D eigenvalue weighted by Crippen LogP contribution is -2.22. The number of halogens is 2. The van der Waals surface area contributed by atoms with Crippen LogP contribution in [0.15, 0.2) is 47.8 Å². The molecule has 0 spiro atoms. The summed E-state index contributed by atoms with van der Waals surface area (Å²) in [6.45, 7) is 1.69. The summed E-state index contributed by atoms with van der Waals surface area (Å²) in [5.74, 6) is 0.247. The van der Waals surface area contributed by atoms with Crippen molar-refractivity contribution in [2.24, 2.45) is 0 Å². The molecule has 1 heterocycles. The Hall–Kier alpha value is -1.95. The van der Waals surface area contributed by atoms with Gasteiger partial charge < -0.3 is 9.84 Å². The molecule has 124 valence electrons. The fraction of sp³-hybridized carbons (Fsp3) is 0.167. The first kappa shape index (κ1) is 16.9. The monoisotopic (exact) mass is 363 g/mol. The lowest BCUT2D eigenvalue weighted by atomic mass is 9.96. The number of aliphatic hydroxyl groups is 1. The first-order chi connectivity index (χ1) is 11.4. The minimum atomic E-state index is -1.24. The first-order valence-corrected chi connectivity index (χ1v) is 8.46. The van der Waals surface area contributed by atoms with E-state index in [1.807, 2.05) is 5.38 Å². The van der Waals surface area contributed by atoms with Crippen LogP contribution < -0.4 is 4.74 Å². The maximum absolute atomic E-state index is 13.3. The molecule has 3 rings (SSSR count). The number of benzene rings is 2. The van der Waals surface area contributed by atoms with Crippen molar-refractivity contribution in [1.82, 2.24) is 4.98 Å². The van der Waals surface area contributed by atoms with Gasteiger partial charge in [0.05, 0.1) is 17.8 Å². The molecule has 3 aromatic rings. The Balaban J connectivity index is 1.94. The molecule has 0 fully saturated rings. The predicted molar refractivity (Wildman–Crippen MR) is 94.2 cm³/mol. The highest BCUT2D eigenvalue weighted by Gasteiger charge is 2.29. The predicted octanol–water partition coefficient (Wildman–Crippen LogP) is 4.87. The van der Waals surface area contributed by atoms with Crippen LogP contribution in [0.25, 0.3) is 11.3 Å². The zero-order valence-electron chi connectivity index (χ0n) is 13.1. The van der Waals surface area contributed by atoms with Gasteiger partial charge in [-0.15, -0.1) is 11.3 Å². The van der Waals surface area contributed by atoms with Gasteiger partial charge in [-0.2, -0.15) is 0 Å². The summed E-state index contributed by atoms with van der Waals surface area (Å²) in [4.78, 5) is 4.50. The standard InChI is InChI=1S/C18H15ClFNO2S/c1-18(22,12-4-6-13(23-2)7-5-12)17-21-16(10-24-17)11-3-8-15(20)14(19)9-11/h3-10,22H,1-2H3. The number of aromatic nitrogens is 1. The molecule has 0 saturated heterocycles. The van der Waals surface area contributed by atoms with Crippen LogP contribution in [-0.4, -0.2) is 17.2 Å². The summed E-state index contributed by atoms with van der Waals surface area (Å²) in [7, 11) is 1.59. The van der Waals surface area contributed by atoms with Gasteiger partial charge in [0.2, 0.25) is 0 Å². The topological polar surface area (TPSA) is 42.4 Å². The quantitative estimate of drug-likeness (QED) is 0.719. The van der Waals surface area contributed by atoms with Crippen molar-refractivity contribution < 1.29 is 14.2 Å². The highest BCUT2D eigenvalue weighted by atomic mass is 35.5. The minimum absolute atomic E-state index is 0.0453. The van der Waals surface area contributed by atoms with E-state index in [2.05, 4.69) is 4.98 Å². The largest absolute Gasteiger partial charge is 0.497 e. The maximum Gasteiger partial charge on any atom is 0.141 e. The zero-order valence-corrected chi connectivity index (χ0v) is 14.7. The molecule has 0 radical (unpaired) electrons. The summed E-state index contributed by atoms with van der Waals surface area (Å²) in [5.41, 5.74) is 0.820. The third kappa shape index (κ3) is 3.15. The average molecular weight is 364 g/mol. The summed E-state index contributed by atoms with van der Waals surface area (Å²) in [6.07, 6.45) is 0. The van der Waals surface area contributed by atoms with Gasteiger partial charge in [-0.3, -0.25) is 0 Å². The van der Waals surface area contributed by atoms with Gasteiger partial charge in [-0.25, -0.2) is 9.37 Å². The van der Waals surface area contributed by atoms with Crippen LogP contribution in [0.3, 0.4) is 0 Å². The van der Waals surface area contributed by atoms with E-state index in [4.69, 9.17) is 16.3 Å². The van der Waals surface area contributed by atoms with Gasteiger partial charge >= 0.3 is 0 Å². The fourth-order valence-electron chi connectivity index (χ4n) is 2.32. The van der Waals surface area contributed by atoms with Gasteiger partial charge in [0.25, 0.3) is 0 Å². The van der Waals surface area contributed by atoms with Crippen molar-refractivity contribution in [3.05, 3.63) is 69.3 Å². The van der Waals surface area contributed by atoms with E-state index in [-0.39, 0.29) is 5.02 Å². The molecule has 1 atom stereocenters. The van der Waals surface area contributed by atoms with Gasteiger partial charge in [0.1, 0.15) is 22.2 Å². The van der Waals surface area contributed by atoms with Crippen LogP contribution in [0, 0.1) is 5.82 Å². The molecule has 24 heavy (non-hydrogen) atoms. The Bertz CT molecular complexity index is 862. The third-order valence-corrected chi connectivity index (χ3v) is 5.13. The number of nitrogens with zero attached hydrogens (tertiary/aromatic N) is 1. The molecule has 0 saturated carbocycles. The van der Waals surface area contributed by atoms with Crippen LogP contribution in [-0.2, 0) is 5.60 Å². The number of methoxy groups -OCH3 is 1. The third-order valence-electron chi connectivity index (χ3n) is 3.79. The molecule has 0 amide bonds. The Kier molecular flexibility index (Phi) is 4.58. The van der Waals surface area contributed by atoms with E-state index in [0.717, 1.165) is 5.75 Å². The number of hydrogen-bond acceptors (Lipinski definition) is 4. The van der Waals surface area contributed by atoms with Crippen molar-refractivity contribution >= 4 is 22.9 Å². The van der Waals surface area contributed by atoms with Crippen LogP contribution in [0.4, 0.5) is 4.39 Å². The summed E-state index contributed by atoms with van der Waals surface area (Å²) in [6, 6.07) is 11.6. The van der Waals surface area contributed by atoms with Gasteiger partial charge in [0.15, 0.2) is 0 Å². The van der Waals surface area contributed by atoms with E-state index in [9.17, 15) is 9.50 Å². The smallest absolute Gasteiger partial charge is 0.141 e. The van der Waals surface area contributed by atoms with Crippen LogP contribution in [0.2, 0.25) is 5.02 Å². The molecule has 0 bridgehead atoms. The Labute approximate surface area is 148 Å². The summed E-state index contributed by atoms with van der Waals surface area (Å²) >= 11 is 7.16. The molecule has 0 aliphatic carbocycles. The normalized spacial score (nSPS) is 13.5. The molecular weight excluding hydrogens is 349 g/mol. The van der Waals surface area contributed by atoms with E-state index >= 15 is 0 Å². The van der Waals surface area contributed by atoms with Gasteiger partial charge in [-0.1, -0.05) is 23.7 Å². The van der Waals surface area contributed by atoms with E-state index in [0.29, 0.717) is 21.8 Å². The van der Waals surface area contributed by atoms with Crippen molar-refractivity contribution in [2.75, 3.05) is 7.11 Å². The molecule has 2 aromatic carbocycles. The van der Waals surface area contributed by atoms with Crippen molar-refractivity contribution in [3.8, 4) is 17.0 Å². The summed E-state index contributed by atoms with van der Waals surface area (Å²) < 4.78 is 18.4. The Morgan fingerprint density at radius 1 is 1.21 bits per heavy atom. The fourth-order valence-corrected chi connectivity index (χ4v) is 3.42. The van der Waals surface area contributed by atoms with Crippen molar-refractivity contribution in [3.63, 3.8) is 0 Å². The number of thiazole rings is 1. The molecule has 0 aliphatic heterocycles. The highest BCUT2D eigenvalue weighted by Crippen LogP contribution is 2.35. The van der Waals surface area contributed by atoms with E-state index in [1.165, 1.54) is 23.5 Å². The van der Waals surface area contributed by atoms with Crippen LogP contribution >= 0.6 is 22.9 Å². The zero-order chi connectivity index (χ0) is 17.3. The Morgan fingerprint density at radius 3 is 2.54 bits per heavy atom. The maximum atomic E-state index is 13.3. The number of ether oxygens (including phenoxy) is 1. The second-order valence-corrected chi connectivity index (χ2v) is 6.73. The molecule has 1 unspecified atom stereocenters. The highest BCUT2D eigenvalue weighted by molar-refractivity contribution is 7.10. The molecular formula is C18H15ClFNO2S. The van der Waals surface area contributed by atoms with Crippen molar-refractivity contribution in [2.45, 2.75) is 12.5 Å². The molecule has 1 aromatic heterocycles. The van der Waals surface area contributed by atoms with Crippen LogP contribution in [0.5, 0.6) is 5.75 Å². The summed E-state index contributed by atoms with van der Waals surface area (Å²) in [5, 5.41) is 13.3. The molecule has 0 aliphatic rings. The van der Waals surface area contributed by atoms with Crippen molar-refractivity contribution in [1.29, 1.82) is 0 Å². The number of hydrogen-bond donors (Lipinski definition) is 1. The number of rotatable bonds is 4. The molecule has 3 nitrogen and oxygen atoms in total. The second-order valence-electron chi connectivity index (χ2n) is 5.47. The average Bonchev–Trinajstić information content (AvgIpc) is 3.08. The molecule has 1 N–H and O–H groups in total. The van der Waals surface area contributed by atoms with E-state index < -0.39 is 11.4 Å². The Morgan fingerprint density at radius 2 is 1.92 bits per heavy atom. The molecule has 6 heteroatoms. The first-order valence-electron chi connectivity index (χ1n) is 7.20. The second kappa shape index (κ2) is 6.51. The minimum Gasteiger partial charge on any atom is -0.497 e. The lowest BCUT2D eigenvalue weighted by Gasteiger charge is -2.21. The lowest BCUT2D eigenvalue weighted by molar-refractivity contribution is 0.102. The SMILES string of the molecule is COc1ccc(C(C)(O)c2nc(-c3ccc(F)c(Cl)c3)cs2)cc1. The van der Waals surface area contributed by atoms with E-state index in [1.54, 1.807) is 44.4 Å². The van der Waals surface area contributed by atoms with Crippen LogP contribution in [0.1, 0.15) is 17.5 Å².